The van der Waals surface area contributed by atoms with Gasteiger partial charge in [0, 0.05) is 6.42 Å². The van der Waals surface area contributed by atoms with E-state index in [4.69, 9.17) is 14.6 Å². The highest BCUT2D eigenvalue weighted by molar-refractivity contribution is 5.85. The topological polar surface area (TPSA) is 99.4 Å². The van der Waals surface area contributed by atoms with Crippen LogP contribution in [0.3, 0.4) is 0 Å². The van der Waals surface area contributed by atoms with Crippen molar-refractivity contribution in [3.05, 3.63) is 36.4 Å². The Labute approximate surface area is 127 Å². The molecule has 2 unspecified atom stereocenters. The van der Waals surface area contributed by atoms with E-state index in [1.54, 1.807) is 30.3 Å². The van der Waals surface area contributed by atoms with Gasteiger partial charge in [-0.05, 0) is 35.0 Å². The molecule has 22 heavy (non-hydrogen) atoms. The molecule has 0 bridgehead atoms. The fourth-order valence-corrected chi connectivity index (χ4v) is 2.55. The molecule has 118 valence electrons. The molecule has 1 saturated heterocycles. The summed E-state index contributed by atoms with van der Waals surface area (Å²) in [5.74, 6) is 0.622. The summed E-state index contributed by atoms with van der Waals surface area (Å²) in [7, 11) is 0. The summed E-state index contributed by atoms with van der Waals surface area (Å²) < 4.78 is 11.0. The third-order valence-corrected chi connectivity index (χ3v) is 3.76. The van der Waals surface area contributed by atoms with Gasteiger partial charge in [-0.25, -0.2) is 0 Å². The first-order valence-corrected chi connectivity index (χ1v) is 7.08. The zero-order chi connectivity index (χ0) is 15.7. The molecule has 0 spiro atoms. The number of aromatic hydroxyl groups is 1. The molecular formula is C16H18O6. The lowest BCUT2D eigenvalue weighted by molar-refractivity contribution is -0.240. The van der Waals surface area contributed by atoms with Crippen molar-refractivity contribution in [2.24, 2.45) is 0 Å². The zero-order valence-electron chi connectivity index (χ0n) is 11.8. The van der Waals surface area contributed by atoms with Gasteiger partial charge in [0.25, 0.3) is 0 Å². The Hall–Kier alpha value is -1.86. The van der Waals surface area contributed by atoms with Crippen LogP contribution in [0.4, 0.5) is 0 Å². The Balaban J connectivity index is 1.80. The second kappa shape index (κ2) is 6.10. The predicted octanol–water partition coefficient (Wildman–Crippen LogP) is 0.753. The Morgan fingerprint density at radius 1 is 1.05 bits per heavy atom. The van der Waals surface area contributed by atoms with Crippen LogP contribution < -0.4 is 4.74 Å². The number of hydrogen-bond donors (Lipinski definition) is 4. The van der Waals surface area contributed by atoms with Crippen molar-refractivity contribution in [3.8, 4) is 11.5 Å². The maximum absolute atomic E-state index is 9.94. The second-order valence-electron chi connectivity index (χ2n) is 5.41. The molecule has 4 N–H and O–H groups in total. The number of phenolic OH excluding ortho intramolecular Hbond substituents is 1. The van der Waals surface area contributed by atoms with Gasteiger partial charge in [0.15, 0.2) is 0 Å². The van der Waals surface area contributed by atoms with E-state index >= 15 is 0 Å². The Bertz CT molecular complexity index is 658. The zero-order valence-corrected chi connectivity index (χ0v) is 11.8. The highest BCUT2D eigenvalue weighted by Gasteiger charge is 2.37. The van der Waals surface area contributed by atoms with E-state index in [0.29, 0.717) is 5.75 Å². The molecule has 1 aliphatic rings. The Morgan fingerprint density at radius 2 is 1.82 bits per heavy atom. The monoisotopic (exact) mass is 306 g/mol. The summed E-state index contributed by atoms with van der Waals surface area (Å²) in [6, 6.07) is 10.3. The summed E-state index contributed by atoms with van der Waals surface area (Å²) in [6.45, 7) is -0.348. The molecule has 0 amide bonds. The van der Waals surface area contributed by atoms with Crippen LogP contribution in [0.15, 0.2) is 36.4 Å². The number of rotatable bonds is 3. The predicted molar refractivity (Wildman–Crippen MR) is 78.6 cm³/mol. The molecule has 0 radical (unpaired) electrons. The smallest absolute Gasteiger partial charge is 0.226 e. The highest BCUT2D eigenvalue weighted by Crippen LogP contribution is 2.27. The summed E-state index contributed by atoms with van der Waals surface area (Å²) in [5, 5.41) is 40.0. The summed E-state index contributed by atoms with van der Waals surface area (Å²) in [6.07, 6.45) is -3.58. The summed E-state index contributed by atoms with van der Waals surface area (Å²) in [4.78, 5) is 0. The number of aliphatic hydroxyl groups is 3. The molecule has 3 rings (SSSR count). The molecule has 4 atom stereocenters. The van der Waals surface area contributed by atoms with Crippen LogP contribution in [0.1, 0.15) is 6.42 Å². The van der Waals surface area contributed by atoms with Crippen LogP contribution in [0.2, 0.25) is 0 Å². The van der Waals surface area contributed by atoms with Gasteiger partial charge in [-0.3, -0.25) is 0 Å². The first-order chi connectivity index (χ1) is 10.6. The lowest BCUT2D eigenvalue weighted by atomic mass is 10.0. The fourth-order valence-electron chi connectivity index (χ4n) is 2.55. The van der Waals surface area contributed by atoms with E-state index in [-0.39, 0.29) is 18.8 Å². The van der Waals surface area contributed by atoms with Crippen LogP contribution in [0.25, 0.3) is 10.8 Å². The van der Waals surface area contributed by atoms with Crippen molar-refractivity contribution in [1.82, 2.24) is 0 Å². The average molecular weight is 306 g/mol. The molecule has 2 aromatic rings. The minimum Gasteiger partial charge on any atom is -0.508 e. The van der Waals surface area contributed by atoms with Gasteiger partial charge in [-0.2, -0.15) is 0 Å². The lowest BCUT2D eigenvalue weighted by Crippen LogP contribution is -2.50. The molecule has 0 saturated carbocycles. The fraction of sp³-hybridized carbons (Fsp3) is 0.375. The van der Waals surface area contributed by atoms with E-state index in [2.05, 4.69) is 0 Å². The number of aliphatic hydroxyl groups excluding tert-OH is 3. The van der Waals surface area contributed by atoms with E-state index in [1.165, 1.54) is 0 Å². The van der Waals surface area contributed by atoms with E-state index < -0.39 is 24.6 Å². The molecule has 6 nitrogen and oxygen atoms in total. The van der Waals surface area contributed by atoms with Crippen molar-refractivity contribution in [1.29, 1.82) is 0 Å². The maximum Gasteiger partial charge on any atom is 0.226 e. The lowest BCUT2D eigenvalue weighted by Gasteiger charge is -2.36. The minimum absolute atomic E-state index is 0.0737. The minimum atomic E-state index is -0.988. The normalized spacial score (nSPS) is 28.7. The van der Waals surface area contributed by atoms with Gasteiger partial charge in [0.05, 0.1) is 12.7 Å². The maximum atomic E-state index is 9.94. The number of benzene rings is 2. The molecule has 0 aromatic heterocycles. The van der Waals surface area contributed by atoms with E-state index in [1.807, 2.05) is 6.07 Å². The first kappa shape index (κ1) is 15.1. The molecule has 0 aliphatic carbocycles. The van der Waals surface area contributed by atoms with Crippen molar-refractivity contribution < 1.29 is 29.9 Å². The third-order valence-electron chi connectivity index (χ3n) is 3.76. The van der Waals surface area contributed by atoms with Gasteiger partial charge in [0.1, 0.15) is 23.7 Å². The van der Waals surface area contributed by atoms with Gasteiger partial charge in [0.2, 0.25) is 6.29 Å². The molecule has 1 aliphatic heterocycles. The molecule has 2 aromatic carbocycles. The van der Waals surface area contributed by atoms with Gasteiger partial charge in [-0.1, -0.05) is 12.1 Å². The van der Waals surface area contributed by atoms with Gasteiger partial charge >= 0.3 is 0 Å². The first-order valence-electron chi connectivity index (χ1n) is 7.08. The Morgan fingerprint density at radius 3 is 2.59 bits per heavy atom. The third kappa shape index (κ3) is 3.00. The molecular weight excluding hydrogens is 288 g/mol. The van der Waals surface area contributed by atoms with Crippen LogP contribution in [0.5, 0.6) is 11.5 Å². The largest absolute Gasteiger partial charge is 0.508 e. The molecule has 1 heterocycles. The molecule has 6 heteroatoms. The quantitative estimate of drug-likeness (QED) is 0.668. The van der Waals surface area contributed by atoms with E-state index in [0.717, 1.165) is 10.8 Å². The van der Waals surface area contributed by atoms with Crippen molar-refractivity contribution >= 4 is 10.8 Å². The average Bonchev–Trinajstić information content (AvgIpc) is 2.49. The number of fused-ring (bicyclic) bond motifs is 1. The van der Waals surface area contributed by atoms with Crippen molar-refractivity contribution in [3.63, 3.8) is 0 Å². The number of phenols is 1. The van der Waals surface area contributed by atoms with Crippen LogP contribution >= 0.6 is 0 Å². The molecule has 1 fully saturated rings. The highest BCUT2D eigenvalue weighted by atomic mass is 16.7. The summed E-state index contributed by atoms with van der Waals surface area (Å²) >= 11 is 0. The van der Waals surface area contributed by atoms with Crippen LogP contribution in [0, 0.1) is 0 Å². The van der Waals surface area contributed by atoms with Gasteiger partial charge < -0.3 is 29.9 Å². The van der Waals surface area contributed by atoms with Crippen LogP contribution in [-0.4, -0.2) is 51.6 Å². The number of hydrogen-bond acceptors (Lipinski definition) is 6. The van der Waals surface area contributed by atoms with E-state index in [9.17, 15) is 15.3 Å². The van der Waals surface area contributed by atoms with Crippen molar-refractivity contribution in [2.75, 3.05) is 6.61 Å². The second-order valence-corrected chi connectivity index (χ2v) is 5.41. The summed E-state index contributed by atoms with van der Waals surface area (Å²) in [5.41, 5.74) is 0. The van der Waals surface area contributed by atoms with Gasteiger partial charge in [-0.15, -0.1) is 0 Å². The Kier molecular flexibility index (Phi) is 4.17. The standard InChI is InChI=1S/C16H18O6/c17-8-15-13(19)7-14(20)16(22-15)21-12-4-2-9-1-3-11(18)5-10(9)6-12/h1-6,13-20H,7-8H2/t13-,14?,15?,16+/m0/s1. The number of ether oxygens (including phenoxy) is 2. The van der Waals surface area contributed by atoms with Crippen LogP contribution in [-0.2, 0) is 4.74 Å². The van der Waals surface area contributed by atoms with Crippen molar-refractivity contribution in [2.45, 2.75) is 31.0 Å². The SMILES string of the molecule is OCC1O[C@@H](Oc2ccc3ccc(O)cc3c2)C(O)C[C@@H]1O.